The highest BCUT2D eigenvalue weighted by Crippen LogP contribution is 2.42. The summed E-state index contributed by atoms with van der Waals surface area (Å²) in [5.74, 6) is -2.79. The number of nitrogens with zero attached hydrogens (tertiary/aromatic N) is 2. The van der Waals surface area contributed by atoms with E-state index in [-0.39, 0.29) is 24.7 Å². The van der Waals surface area contributed by atoms with Crippen molar-refractivity contribution in [3.63, 3.8) is 0 Å². The summed E-state index contributed by atoms with van der Waals surface area (Å²) in [5, 5.41) is 12.2. The van der Waals surface area contributed by atoms with E-state index < -0.39 is 23.8 Å². The summed E-state index contributed by atoms with van der Waals surface area (Å²) in [4.78, 5) is 29.8. The van der Waals surface area contributed by atoms with Gasteiger partial charge in [-0.25, -0.2) is 4.79 Å². The van der Waals surface area contributed by atoms with Crippen LogP contribution in [-0.4, -0.2) is 38.0 Å². The first kappa shape index (κ1) is 20.4. The lowest BCUT2D eigenvalue weighted by atomic mass is 9.76. The van der Waals surface area contributed by atoms with Crippen molar-refractivity contribution in [1.29, 1.82) is 0 Å². The Bertz CT molecular complexity index is 799. The Morgan fingerprint density at radius 1 is 1.22 bits per heavy atom. The zero-order valence-electron chi connectivity index (χ0n) is 16.1. The largest absolute Gasteiger partial charge is 0.616 e. The molecule has 27 heavy (non-hydrogen) atoms. The first-order valence-corrected chi connectivity index (χ1v) is 8.73. The molecule has 8 nitrogen and oxygen atoms in total. The number of aromatic nitrogens is 1. The number of hydrogen-bond donors (Lipinski definition) is 0. The number of rotatable bonds is 6. The van der Waals surface area contributed by atoms with Gasteiger partial charge in [0.05, 0.1) is 31.5 Å². The van der Waals surface area contributed by atoms with Crippen LogP contribution in [0.3, 0.4) is 0 Å². The van der Waals surface area contributed by atoms with Gasteiger partial charge in [-0.3, -0.25) is 9.79 Å². The van der Waals surface area contributed by atoms with Crippen LogP contribution in [0.15, 0.2) is 34.6 Å². The molecule has 2 rings (SSSR count). The fraction of sp³-hybridized carbons (Fsp3) is 0.474. The molecule has 1 aromatic heterocycles. The Labute approximate surface area is 158 Å². The molecule has 2 unspecified atom stereocenters. The van der Waals surface area contributed by atoms with Crippen LogP contribution in [0.5, 0.6) is 5.88 Å². The Morgan fingerprint density at radius 2 is 1.89 bits per heavy atom. The van der Waals surface area contributed by atoms with Crippen molar-refractivity contribution in [3.8, 4) is 5.88 Å². The number of ether oxygens (including phenoxy) is 3. The molecule has 0 amide bonds. The van der Waals surface area contributed by atoms with Crippen molar-refractivity contribution < 1.29 is 28.5 Å². The minimum atomic E-state index is -0.871. The van der Waals surface area contributed by atoms with Gasteiger partial charge in [-0.1, -0.05) is 0 Å². The minimum Gasteiger partial charge on any atom is -0.616 e. The van der Waals surface area contributed by atoms with E-state index in [4.69, 9.17) is 14.2 Å². The van der Waals surface area contributed by atoms with Gasteiger partial charge in [0.15, 0.2) is 6.20 Å². The Balaban J connectivity index is 2.73. The summed E-state index contributed by atoms with van der Waals surface area (Å²) in [6.45, 7) is 7.11. The molecule has 1 aromatic rings. The number of allylic oxidation sites excluding steroid dienone is 1. The zero-order valence-corrected chi connectivity index (χ0v) is 16.1. The molecule has 0 N–H and O–H groups in total. The van der Waals surface area contributed by atoms with E-state index >= 15 is 0 Å². The highest BCUT2D eigenvalue weighted by Gasteiger charge is 2.45. The molecule has 0 fully saturated rings. The van der Waals surface area contributed by atoms with Gasteiger partial charge in [0.2, 0.25) is 0 Å². The van der Waals surface area contributed by atoms with Crippen molar-refractivity contribution in [2.45, 2.75) is 33.6 Å². The van der Waals surface area contributed by atoms with E-state index in [0.717, 1.165) is 0 Å². The van der Waals surface area contributed by atoms with Gasteiger partial charge >= 0.3 is 17.8 Å². The maximum Gasteiger partial charge on any atom is 0.383 e. The zero-order chi connectivity index (χ0) is 20.1. The number of esters is 2. The van der Waals surface area contributed by atoms with Gasteiger partial charge in [0, 0.05) is 23.4 Å². The smallest absolute Gasteiger partial charge is 0.383 e. The van der Waals surface area contributed by atoms with Crippen molar-refractivity contribution in [2.24, 2.45) is 10.9 Å². The molecule has 1 aliphatic rings. The monoisotopic (exact) mass is 376 g/mol. The summed E-state index contributed by atoms with van der Waals surface area (Å²) in [6.07, 6.45) is 1.28. The van der Waals surface area contributed by atoms with Crippen LogP contribution >= 0.6 is 0 Å². The second kappa shape index (κ2) is 8.66. The van der Waals surface area contributed by atoms with Crippen LogP contribution < -0.4 is 9.47 Å². The summed E-state index contributed by atoms with van der Waals surface area (Å²) in [7, 11) is 1.36. The van der Waals surface area contributed by atoms with E-state index in [9.17, 15) is 14.8 Å². The molecule has 0 radical (unpaired) electrons. The van der Waals surface area contributed by atoms with Crippen molar-refractivity contribution in [1.82, 2.24) is 0 Å². The van der Waals surface area contributed by atoms with Crippen molar-refractivity contribution in [2.75, 3.05) is 20.3 Å². The number of carbonyl (C=O) groups excluding carboxylic acids is 2. The number of hydrogen-bond acceptors (Lipinski definition) is 7. The first-order valence-electron chi connectivity index (χ1n) is 8.73. The molecule has 0 bridgehead atoms. The molecular formula is C19H24N2O6. The molecule has 0 saturated heterocycles. The standard InChI is InChI=1S/C19H24N2O6/c1-6-26-18(22)14-11(3)20-12(4)15(19(23)27-7-2)16(14)13-9-8-10-21(24)17(13)25-5/h8-10,14,16H,6-7H2,1-5H3. The van der Waals surface area contributed by atoms with Gasteiger partial charge in [-0.2, -0.15) is 0 Å². The van der Waals surface area contributed by atoms with E-state index in [2.05, 4.69) is 4.99 Å². The molecule has 8 heteroatoms. The third kappa shape index (κ3) is 3.94. The number of aliphatic imine (C=N–C) groups is 1. The summed E-state index contributed by atoms with van der Waals surface area (Å²) in [5.41, 5.74) is 1.53. The first-order chi connectivity index (χ1) is 12.9. The second-order valence-corrected chi connectivity index (χ2v) is 5.98. The summed E-state index contributed by atoms with van der Waals surface area (Å²) < 4.78 is 16.2. The third-order valence-corrected chi connectivity index (χ3v) is 4.34. The molecule has 2 heterocycles. The van der Waals surface area contributed by atoms with Gasteiger partial charge in [-0.15, -0.1) is 4.73 Å². The SMILES string of the molecule is CCOC(=O)C1=C(C)N=C(C)C(C(=O)OCC)C1c1ccc[n+]([O-])c1OC. The minimum absolute atomic E-state index is 0.00102. The Hall–Kier alpha value is -2.90. The molecule has 0 aromatic carbocycles. The maximum atomic E-state index is 12.7. The maximum absolute atomic E-state index is 12.7. The Kier molecular flexibility index (Phi) is 6.55. The third-order valence-electron chi connectivity index (χ3n) is 4.34. The van der Waals surface area contributed by atoms with Crippen LogP contribution in [0.25, 0.3) is 0 Å². The highest BCUT2D eigenvalue weighted by molar-refractivity contribution is 6.07. The molecule has 0 aliphatic carbocycles. The average Bonchev–Trinajstić information content (AvgIpc) is 2.61. The van der Waals surface area contributed by atoms with E-state index in [1.807, 2.05) is 0 Å². The van der Waals surface area contributed by atoms with E-state index in [1.54, 1.807) is 33.8 Å². The quantitative estimate of drug-likeness (QED) is 0.427. The number of methoxy groups -OCH3 is 1. The fourth-order valence-corrected chi connectivity index (χ4v) is 3.32. The van der Waals surface area contributed by atoms with Crippen LogP contribution in [0.4, 0.5) is 0 Å². The molecule has 0 spiro atoms. The molecule has 146 valence electrons. The highest BCUT2D eigenvalue weighted by atomic mass is 16.5. The Morgan fingerprint density at radius 3 is 2.48 bits per heavy atom. The number of pyridine rings is 1. The lowest BCUT2D eigenvalue weighted by Crippen LogP contribution is -2.38. The normalized spacial score (nSPS) is 19.4. The predicted octanol–water partition coefficient (Wildman–Crippen LogP) is 1.90. The predicted molar refractivity (Wildman–Crippen MR) is 97.3 cm³/mol. The van der Waals surface area contributed by atoms with E-state index in [0.29, 0.717) is 21.7 Å². The van der Waals surface area contributed by atoms with Crippen LogP contribution in [0.1, 0.15) is 39.2 Å². The van der Waals surface area contributed by atoms with Crippen LogP contribution in [0.2, 0.25) is 0 Å². The topological polar surface area (TPSA) is 101 Å². The average molecular weight is 376 g/mol. The molecular weight excluding hydrogens is 352 g/mol. The van der Waals surface area contributed by atoms with Gasteiger partial charge in [0.1, 0.15) is 5.92 Å². The van der Waals surface area contributed by atoms with Crippen LogP contribution in [0, 0.1) is 11.1 Å². The summed E-state index contributed by atoms with van der Waals surface area (Å²) >= 11 is 0. The summed E-state index contributed by atoms with van der Waals surface area (Å²) in [6, 6.07) is 3.18. The molecule has 0 saturated carbocycles. The second-order valence-electron chi connectivity index (χ2n) is 5.98. The van der Waals surface area contributed by atoms with Crippen molar-refractivity contribution >= 4 is 17.7 Å². The van der Waals surface area contributed by atoms with Gasteiger partial charge < -0.3 is 19.4 Å². The lowest BCUT2D eigenvalue weighted by Gasteiger charge is -2.31. The fourth-order valence-electron chi connectivity index (χ4n) is 3.32. The lowest BCUT2D eigenvalue weighted by molar-refractivity contribution is -0.612. The molecule has 1 aliphatic heterocycles. The van der Waals surface area contributed by atoms with E-state index in [1.165, 1.54) is 19.4 Å². The van der Waals surface area contributed by atoms with Gasteiger partial charge in [-0.05, 0) is 33.8 Å². The van der Waals surface area contributed by atoms with Gasteiger partial charge in [0.25, 0.3) is 0 Å². The van der Waals surface area contributed by atoms with Crippen LogP contribution in [-0.2, 0) is 19.1 Å². The number of carbonyl (C=O) groups is 2. The molecule has 2 atom stereocenters. The van der Waals surface area contributed by atoms with Crippen molar-refractivity contribution in [3.05, 3.63) is 40.4 Å².